The van der Waals surface area contributed by atoms with Crippen molar-refractivity contribution in [3.8, 4) is 0 Å². The largest absolute Gasteiger partial charge is 0.468 e. The second-order valence-corrected chi connectivity index (χ2v) is 4.36. The quantitative estimate of drug-likeness (QED) is 0.766. The van der Waals surface area contributed by atoms with Crippen molar-refractivity contribution >= 4 is 0 Å². The van der Waals surface area contributed by atoms with Gasteiger partial charge in [0.25, 0.3) is 0 Å². The lowest BCUT2D eigenvalue weighted by atomic mass is 9.98. The molecule has 2 nitrogen and oxygen atoms in total. The van der Waals surface area contributed by atoms with E-state index in [0.717, 1.165) is 25.3 Å². The second-order valence-electron chi connectivity index (χ2n) is 4.36. The highest BCUT2D eigenvalue weighted by molar-refractivity contribution is 5.18. The molecule has 1 atom stereocenters. The van der Waals surface area contributed by atoms with Gasteiger partial charge in [-0.15, -0.1) is 0 Å². The summed E-state index contributed by atoms with van der Waals surface area (Å²) in [6.07, 6.45) is 2.86. The first-order chi connectivity index (χ1) is 8.36. The SMILES string of the molecule is CC(CCNCc1ccco1)c1ccccc1. The Morgan fingerprint density at radius 2 is 1.94 bits per heavy atom. The lowest BCUT2D eigenvalue weighted by Gasteiger charge is -2.11. The minimum Gasteiger partial charge on any atom is -0.468 e. The zero-order chi connectivity index (χ0) is 11.9. The standard InChI is InChI=1S/C15H19NO/c1-13(14-6-3-2-4-7-14)9-10-16-12-15-8-5-11-17-15/h2-8,11,13,16H,9-10,12H2,1H3. The van der Waals surface area contributed by atoms with Crippen LogP contribution < -0.4 is 5.32 Å². The molecule has 0 saturated heterocycles. The number of hydrogen-bond donors (Lipinski definition) is 1. The molecule has 2 aromatic rings. The summed E-state index contributed by atoms with van der Waals surface area (Å²) in [4.78, 5) is 0. The fourth-order valence-electron chi connectivity index (χ4n) is 1.89. The van der Waals surface area contributed by atoms with E-state index in [1.54, 1.807) is 6.26 Å². The molecule has 2 heteroatoms. The molecule has 0 radical (unpaired) electrons. The van der Waals surface area contributed by atoms with Gasteiger partial charge in [0.15, 0.2) is 0 Å². The van der Waals surface area contributed by atoms with Gasteiger partial charge in [-0.25, -0.2) is 0 Å². The van der Waals surface area contributed by atoms with E-state index in [4.69, 9.17) is 4.42 Å². The van der Waals surface area contributed by atoms with Crippen LogP contribution in [0, 0.1) is 0 Å². The van der Waals surface area contributed by atoms with Gasteiger partial charge in [-0.2, -0.15) is 0 Å². The molecule has 1 heterocycles. The van der Waals surface area contributed by atoms with Gasteiger partial charge < -0.3 is 9.73 Å². The van der Waals surface area contributed by atoms with Gasteiger partial charge in [0.2, 0.25) is 0 Å². The third kappa shape index (κ3) is 3.75. The Labute approximate surface area is 103 Å². The van der Waals surface area contributed by atoms with Crippen LogP contribution in [0.3, 0.4) is 0 Å². The second kappa shape index (κ2) is 6.26. The van der Waals surface area contributed by atoms with E-state index in [2.05, 4.69) is 42.6 Å². The van der Waals surface area contributed by atoms with E-state index in [1.165, 1.54) is 5.56 Å². The third-order valence-electron chi connectivity index (χ3n) is 3.00. The lowest BCUT2D eigenvalue weighted by molar-refractivity contribution is 0.476. The summed E-state index contributed by atoms with van der Waals surface area (Å²) in [5.74, 6) is 1.60. The predicted molar refractivity (Wildman–Crippen MR) is 69.9 cm³/mol. The molecule has 0 aliphatic carbocycles. The van der Waals surface area contributed by atoms with Crippen LogP contribution in [0.25, 0.3) is 0 Å². The normalized spacial score (nSPS) is 12.5. The van der Waals surface area contributed by atoms with E-state index >= 15 is 0 Å². The summed E-state index contributed by atoms with van der Waals surface area (Å²) >= 11 is 0. The van der Waals surface area contributed by atoms with Gasteiger partial charge in [-0.3, -0.25) is 0 Å². The van der Waals surface area contributed by atoms with Crippen molar-refractivity contribution in [1.82, 2.24) is 5.32 Å². The summed E-state index contributed by atoms with van der Waals surface area (Å²) in [5, 5.41) is 3.39. The van der Waals surface area contributed by atoms with Crippen molar-refractivity contribution in [1.29, 1.82) is 0 Å². The molecule has 0 aliphatic rings. The minimum absolute atomic E-state index is 0.598. The molecule has 0 aliphatic heterocycles. The summed E-state index contributed by atoms with van der Waals surface area (Å²) in [6, 6.07) is 14.6. The van der Waals surface area contributed by atoms with E-state index in [1.807, 2.05) is 12.1 Å². The van der Waals surface area contributed by atoms with E-state index in [-0.39, 0.29) is 0 Å². The van der Waals surface area contributed by atoms with Gasteiger partial charge >= 0.3 is 0 Å². The molecule has 1 N–H and O–H groups in total. The van der Waals surface area contributed by atoms with Crippen molar-refractivity contribution in [2.24, 2.45) is 0 Å². The Hall–Kier alpha value is -1.54. The summed E-state index contributed by atoms with van der Waals surface area (Å²) in [5.41, 5.74) is 1.41. The fraction of sp³-hybridized carbons (Fsp3) is 0.333. The molecule has 90 valence electrons. The summed E-state index contributed by atoms with van der Waals surface area (Å²) < 4.78 is 5.26. The van der Waals surface area contributed by atoms with Crippen LogP contribution in [0.5, 0.6) is 0 Å². The highest BCUT2D eigenvalue weighted by atomic mass is 16.3. The van der Waals surface area contributed by atoms with E-state index in [0.29, 0.717) is 5.92 Å². The van der Waals surface area contributed by atoms with Crippen LogP contribution in [0.1, 0.15) is 30.6 Å². The van der Waals surface area contributed by atoms with Crippen LogP contribution >= 0.6 is 0 Å². The molecule has 0 fully saturated rings. The smallest absolute Gasteiger partial charge is 0.117 e. The Morgan fingerprint density at radius 1 is 1.12 bits per heavy atom. The van der Waals surface area contributed by atoms with E-state index < -0.39 is 0 Å². The van der Waals surface area contributed by atoms with Crippen molar-refractivity contribution in [3.05, 3.63) is 60.1 Å². The van der Waals surface area contributed by atoms with Crippen molar-refractivity contribution in [3.63, 3.8) is 0 Å². The first-order valence-electron chi connectivity index (χ1n) is 6.14. The monoisotopic (exact) mass is 229 g/mol. The van der Waals surface area contributed by atoms with Crippen LogP contribution in [0.15, 0.2) is 53.1 Å². The average molecular weight is 229 g/mol. The molecule has 1 aromatic heterocycles. The first-order valence-corrected chi connectivity index (χ1v) is 6.14. The molecule has 0 saturated carbocycles. The predicted octanol–water partition coefficient (Wildman–Crippen LogP) is 3.56. The molecule has 2 rings (SSSR count). The molecule has 0 bridgehead atoms. The van der Waals surface area contributed by atoms with Gasteiger partial charge in [-0.1, -0.05) is 37.3 Å². The number of hydrogen-bond acceptors (Lipinski definition) is 2. The molecular formula is C15H19NO. The van der Waals surface area contributed by atoms with Crippen LogP contribution in [0.2, 0.25) is 0 Å². The topological polar surface area (TPSA) is 25.2 Å². The maximum Gasteiger partial charge on any atom is 0.117 e. The zero-order valence-corrected chi connectivity index (χ0v) is 10.2. The lowest BCUT2D eigenvalue weighted by Crippen LogP contribution is -2.16. The highest BCUT2D eigenvalue weighted by Crippen LogP contribution is 2.17. The Morgan fingerprint density at radius 3 is 2.65 bits per heavy atom. The molecule has 17 heavy (non-hydrogen) atoms. The van der Waals surface area contributed by atoms with Crippen LogP contribution in [0.4, 0.5) is 0 Å². The molecule has 0 amide bonds. The van der Waals surface area contributed by atoms with Gasteiger partial charge in [-0.05, 0) is 36.6 Å². The highest BCUT2D eigenvalue weighted by Gasteiger charge is 2.04. The van der Waals surface area contributed by atoms with Gasteiger partial charge in [0.1, 0.15) is 5.76 Å². The Kier molecular flexibility index (Phi) is 4.39. The maximum atomic E-state index is 5.26. The van der Waals surface area contributed by atoms with E-state index in [9.17, 15) is 0 Å². The fourth-order valence-corrected chi connectivity index (χ4v) is 1.89. The average Bonchev–Trinajstić information content (AvgIpc) is 2.88. The van der Waals surface area contributed by atoms with Crippen molar-refractivity contribution in [2.45, 2.75) is 25.8 Å². The summed E-state index contributed by atoms with van der Waals surface area (Å²) in [7, 11) is 0. The van der Waals surface area contributed by atoms with Gasteiger partial charge in [0.05, 0.1) is 12.8 Å². The van der Waals surface area contributed by atoms with Crippen molar-refractivity contribution in [2.75, 3.05) is 6.54 Å². The Balaban J connectivity index is 1.68. The summed E-state index contributed by atoms with van der Waals surface area (Å²) in [6.45, 7) is 4.09. The third-order valence-corrected chi connectivity index (χ3v) is 3.00. The number of benzene rings is 1. The van der Waals surface area contributed by atoms with Crippen molar-refractivity contribution < 1.29 is 4.42 Å². The molecule has 0 spiro atoms. The Bertz CT molecular complexity index is 408. The van der Waals surface area contributed by atoms with Crippen LogP contribution in [-0.4, -0.2) is 6.54 Å². The van der Waals surface area contributed by atoms with Crippen LogP contribution in [-0.2, 0) is 6.54 Å². The molecule has 1 unspecified atom stereocenters. The number of furan rings is 1. The maximum absolute atomic E-state index is 5.26. The number of rotatable bonds is 6. The zero-order valence-electron chi connectivity index (χ0n) is 10.2. The molecular weight excluding hydrogens is 210 g/mol. The van der Waals surface area contributed by atoms with Gasteiger partial charge in [0, 0.05) is 0 Å². The first kappa shape index (κ1) is 11.9. The minimum atomic E-state index is 0.598. The molecule has 1 aromatic carbocycles. The number of nitrogens with one attached hydrogen (secondary N) is 1.